The summed E-state index contributed by atoms with van der Waals surface area (Å²) in [6.45, 7) is 1.14. The molecule has 1 saturated carbocycles. The van der Waals surface area contributed by atoms with Crippen LogP contribution in [0.3, 0.4) is 0 Å². The average Bonchev–Trinajstić information content (AvgIpc) is 2.53. The van der Waals surface area contributed by atoms with E-state index in [0.717, 1.165) is 25.7 Å². The Labute approximate surface area is 142 Å². The van der Waals surface area contributed by atoms with Crippen LogP contribution in [0.25, 0.3) is 0 Å². The predicted octanol–water partition coefficient (Wildman–Crippen LogP) is 2.70. The van der Waals surface area contributed by atoms with Gasteiger partial charge in [0, 0.05) is 13.2 Å². The van der Waals surface area contributed by atoms with Gasteiger partial charge in [-0.2, -0.15) is 0 Å². The first-order valence-electron chi connectivity index (χ1n) is 8.86. The molecule has 3 atom stereocenters. The highest BCUT2D eigenvalue weighted by molar-refractivity contribution is 5.86. The maximum absolute atomic E-state index is 12.0. The van der Waals surface area contributed by atoms with Crippen LogP contribution < -0.4 is 5.32 Å². The molecule has 2 N–H and O–H groups in total. The summed E-state index contributed by atoms with van der Waals surface area (Å²) in [7, 11) is 0. The molecular weight excluding hydrogens is 306 g/mol. The van der Waals surface area contributed by atoms with Crippen molar-refractivity contribution in [1.82, 2.24) is 5.32 Å². The minimum atomic E-state index is -0.860. The Balaban J connectivity index is 1.36. The lowest BCUT2D eigenvalue weighted by atomic mass is 9.73. The minimum absolute atomic E-state index is 0.128. The summed E-state index contributed by atoms with van der Waals surface area (Å²) in [5.74, 6) is -1.84. The van der Waals surface area contributed by atoms with Crippen molar-refractivity contribution >= 4 is 11.9 Å². The highest BCUT2D eigenvalue weighted by Crippen LogP contribution is 2.34. The molecule has 2 aliphatic carbocycles. The summed E-state index contributed by atoms with van der Waals surface area (Å²) in [6.07, 6.45) is 5.51. The maximum atomic E-state index is 12.0. The van der Waals surface area contributed by atoms with Gasteiger partial charge in [0.1, 0.15) is 0 Å². The van der Waals surface area contributed by atoms with Crippen molar-refractivity contribution in [1.29, 1.82) is 0 Å². The Morgan fingerprint density at radius 3 is 2.71 bits per heavy atom. The summed E-state index contributed by atoms with van der Waals surface area (Å²) < 4.78 is 6.01. The third-order valence-corrected chi connectivity index (χ3v) is 5.18. The molecule has 1 amide bonds. The van der Waals surface area contributed by atoms with Gasteiger partial charge in [-0.05, 0) is 49.7 Å². The molecule has 24 heavy (non-hydrogen) atoms. The fourth-order valence-electron chi connectivity index (χ4n) is 3.63. The van der Waals surface area contributed by atoms with Crippen LogP contribution in [0.1, 0.15) is 49.3 Å². The Bertz CT molecular complexity index is 601. The van der Waals surface area contributed by atoms with E-state index in [1.165, 1.54) is 11.1 Å². The van der Waals surface area contributed by atoms with Crippen molar-refractivity contribution < 1.29 is 19.4 Å². The van der Waals surface area contributed by atoms with E-state index in [-0.39, 0.29) is 17.9 Å². The van der Waals surface area contributed by atoms with Crippen molar-refractivity contribution in [3.8, 4) is 0 Å². The van der Waals surface area contributed by atoms with Crippen LogP contribution in [0.2, 0.25) is 0 Å². The number of carbonyl (C=O) groups is 2. The van der Waals surface area contributed by atoms with E-state index in [2.05, 4.69) is 29.6 Å². The van der Waals surface area contributed by atoms with Crippen molar-refractivity contribution in [3.63, 3.8) is 0 Å². The molecule has 1 fully saturated rings. The van der Waals surface area contributed by atoms with Gasteiger partial charge in [0.2, 0.25) is 5.91 Å². The first kappa shape index (κ1) is 17.0. The number of rotatable bonds is 7. The van der Waals surface area contributed by atoms with Gasteiger partial charge >= 0.3 is 5.97 Å². The van der Waals surface area contributed by atoms with Gasteiger partial charge in [-0.15, -0.1) is 0 Å². The van der Waals surface area contributed by atoms with E-state index in [0.29, 0.717) is 26.0 Å². The second kappa shape index (κ2) is 7.79. The zero-order valence-corrected chi connectivity index (χ0v) is 13.9. The smallest absolute Gasteiger partial charge is 0.307 e. The van der Waals surface area contributed by atoms with Crippen LogP contribution in [-0.4, -0.2) is 30.1 Å². The van der Waals surface area contributed by atoms with Crippen LogP contribution in [0, 0.1) is 11.8 Å². The summed E-state index contributed by atoms with van der Waals surface area (Å²) in [4.78, 5) is 22.9. The molecule has 130 valence electrons. The Morgan fingerprint density at radius 1 is 1.17 bits per heavy atom. The van der Waals surface area contributed by atoms with E-state index in [1.807, 2.05) is 0 Å². The molecule has 0 aromatic heterocycles. The van der Waals surface area contributed by atoms with Gasteiger partial charge in [0.05, 0.1) is 17.9 Å². The van der Waals surface area contributed by atoms with E-state index in [4.69, 9.17) is 9.84 Å². The fraction of sp³-hybridized carbons (Fsp3) is 0.579. The Morgan fingerprint density at radius 2 is 1.96 bits per heavy atom. The third-order valence-electron chi connectivity index (χ3n) is 5.18. The average molecular weight is 331 g/mol. The fourth-order valence-corrected chi connectivity index (χ4v) is 3.63. The second-order valence-electron chi connectivity index (χ2n) is 6.72. The highest BCUT2D eigenvalue weighted by atomic mass is 16.5. The number of carbonyl (C=O) groups excluding carboxylic acids is 1. The van der Waals surface area contributed by atoms with Crippen LogP contribution in [0.4, 0.5) is 0 Å². The monoisotopic (exact) mass is 331 g/mol. The number of fused-ring (bicyclic) bond motifs is 1. The molecule has 1 aromatic carbocycles. The Kier molecular flexibility index (Phi) is 5.51. The standard InChI is InChI=1S/C19H25NO4/c21-18(15-9-10-16(15)19(22)23)20-11-4-12-24-17-8-3-6-13-5-1-2-7-14(13)17/h1-2,5,7,15-17H,3-4,6,8-12H2,(H,20,21)(H,22,23). The van der Waals surface area contributed by atoms with Crippen molar-refractivity contribution in [2.45, 2.75) is 44.6 Å². The van der Waals surface area contributed by atoms with Crippen LogP contribution in [0.15, 0.2) is 24.3 Å². The predicted molar refractivity (Wildman–Crippen MR) is 89.5 cm³/mol. The van der Waals surface area contributed by atoms with Crippen LogP contribution >= 0.6 is 0 Å². The minimum Gasteiger partial charge on any atom is -0.481 e. The number of nitrogens with one attached hydrogen (secondary N) is 1. The van der Waals surface area contributed by atoms with Gasteiger partial charge in [-0.1, -0.05) is 24.3 Å². The van der Waals surface area contributed by atoms with Gasteiger partial charge in [-0.3, -0.25) is 9.59 Å². The number of benzene rings is 1. The number of hydrogen-bond donors (Lipinski definition) is 2. The number of ether oxygens (including phenoxy) is 1. The van der Waals surface area contributed by atoms with E-state index >= 15 is 0 Å². The molecule has 2 aliphatic rings. The molecule has 0 spiro atoms. The molecular formula is C19H25NO4. The molecule has 3 rings (SSSR count). The zero-order chi connectivity index (χ0) is 16.9. The van der Waals surface area contributed by atoms with E-state index in [9.17, 15) is 9.59 Å². The maximum Gasteiger partial charge on any atom is 0.307 e. The largest absolute Gasteiger partial charge is 0.481 e. The quantitative estimate of drug-likeness (QED) is 0.753. The number of amides is 1. The number of hydrogen-bond acceptors (Lipinski definition) is 3. The lowest BCUT2D eigenvalue weighted by Gasteiger charge is -2.32. The first-order valence-corrected chi connectivity index (χ1v) is 8.86. The van der Waals surface area contributed by atoms with Crippen molar-refractivity contribution in [2.75, 3.05) is 13.2 Å². The van der Waals surface area contributed by atoms with Gasteiger partial charge in [0.25, 0.3) is 0 Å². The number of aliphatic carboxylic acids is 1. The summed E-state index contributed by atoms with van der Waals surface area (Å²) in [5.41, 5.74) is 2.68. The molecule has 1 aromatic rings. The molecule has 0 radical (unpaired) electrons. The van der Waals surface area contributed by atoms with E-state index in [1.54, 1.807) is 0 Å². The molecule has 3 unspecified atom stereocenters. The third kappa shape index (κ3) is 3.78. The summed E-state index contributed by atoms with van der Waals surface area (Å²) in [6, 6.07) is 8.44. The number of carboxylic acids is 1. The first-order chi connectivity index (χ1) is 11.7. The van der Waals surface area contributed by atoms with E-state index < -0.39 is 11.9 Å². The molecule has 5 heteroatoms. The van der Waals surface area contributed by atoms with Crippen molar-refractivity contribution in [3.05, 3.63) is 35.4 Å². The molecule has 0 bridgehead atoms. The number of aryl methyl sites for hydroxylation is 1. The molecule has 0 heterocycles. The lowest BCUT2D eigenvalue weighted by Crippen LogP contribution is -2.44. The highest BCUT2D eigenvalue weighted by Gasteiger charge is 2.41. The van der Waals surface area contributed by atoms with Gasteiger partial charge in [-0.25, -0.2) is 0 Å². The van der Waals surface area contributed by atoms with Crippen molar-refractivity contribution in [2.24, 2.45) is 11.8 Å². The molecule has 5 nitrogen and oxygen atoms in total. The lowest BCUT2D eigenvalue weighted by molar-refractivity contribution is -0.152. The zero-order valence-electron chi connectivity index (χ0n) is 13.9. The van der Waals surface area contributed by atoms with Gasteiger partial charge < -0.3 is 15.2 Å². The molecule has 0 aliphatic heterocycles. The summed E-state index contributed by atoms with van der Waals surface area (Å²) in [5, 5.41) is 11.8. The normalized spacial score (nSPS) is 25.4. The molecule has 0 saturated heterocycles. The van der Waals surface area contributed by atoms with Crippen LogP contribution in [-0.2, 0) is 20.7 Å². The number of carboxylic acid groups (broad SMARTS) is 1. The topological polar surface area (TPSA) is 75.6 Å². The van der Waals surface area contributed by atoms with Gasteiger partial charge in [0.15, 0.2) is 0 Å². The SMILES string of the molecule is O=C(O)C1CCC1C(=O)NCCCOC1CCCc2ccccc21. The Hall–Kier alpha value is -1.88. The van der Waals surface area contributed by atoms with Crippen LogP contribution in [0.5, 0.6) is 0 Å². The second-order valence-corrected chi connectivity index (χ2v) is 6.72. The summed E-state index contributed by atoms with van der Waals surface area (Å²) >= 11 is 0.